The summed E-state index contributed by atoms with van der Waals surface area (Å²) in [6, 6.07) is 21.6. The molecule has 0 saturated carbocycles. The molecule has 4 nitrogen and oxygen atoms in total. The first-order valence-electron chi connectivity index (χ1n) is 8.66. The predicted molar refractivity (Wildman–Crippen MR) is 111 cm³/mol. The zero-order valence-corrected chi connectivity index (χ0v) is 15.8. The fourth-order valence-electron chi connectivity index (χ4n) is 2.86. The van der Waals surface area contributed by atoms with Gasteiger partial charge in [0.05, 0.1) is 12.7 Å². The summed E-state index contributed by atoms with van der Waals surface area (Å²) in [7, 11) is 1.58. The zero-order chi connectivity index (χ0) is 19.5. The lowest BCUT2D eigenvalue weighted by Gasteiger charge is -2.06. The SMILES string of the molecule is COc1ccc(C(=O)/C(=C/c2ccccc2Cl)c2nc3ccccc3o2)cc1. The van der Waals surface area contributed by atoms with Crippen LogP contribution in [-0.4, -0.2) is 17.9 Å². The van der Waals surface area contributed by atoms with Crippen LogP contribution in [-0.2, 0) is 0 Å². The van der Waals surface area contributed by atoms with Crippen molar-refractivity contribution in [2.45, 2.75) is 0 Å². The summed E-state index contributed by atoms with van der Waals surface area (Å²) in [6.45, 7) is 0. The Morgan fingerprint density at radius 2 is 1.71 bits per heavy atom. The van der Waals surface area contributed by atoms with Crippen molar-refractivity contribution in [3.8, 4) is 5.75 Å². The number of oxazole rings is 1. The second-order valence-electron chi connectivity index (χ2n) is 6.12. The van der Waals surface area contributed by atoms with E-state index >= 15 is 0 Å². The standard InChI is InChI=1S/C23H16ClNO3/c1-27-17-12-10-15(11-13-17)22(26)18(14-16-6-2-3-7-19(16)24)23-25-20-8-4-5-9-21(20)28-23/h2-14H,1H3/b18-14-. The maximum atomic E-state index is 13.3. The van der Waals surface area contributed by atoms with Crippen molar-refractivity contribution in [3.63, 3.8) is 0 Å². The number of methoxy groups -OCH3 is 1. The van der Waals surface area contributed by atoms with Gasteiger partial charge in [0.25, 0.3) is 0 Å². The Morgan fingerprint density at radius 1 is 1.00 bits per heavy atom. The molecular formula is C23H16ClNO3. The number of nitrogens with zero attached hydrogens (tertiary/aromatic N) is 1. The van der Waals surface area contributed by atoms with Gasteiger partial charge in [-0.15, -0.1) is 0 Å². The highest BCUT2D eigenvalue weighted by Gasteiger charge is 2.20. The molecule has 0 amide bonds. The lowest BCUT2D eigenvalue weighted by molar-refractivity contribution is 0.105. The third-order valence-electron chi connectivity index (χ3n) is 4.33. The number of halogens is 1. The first kappa shape index (κ1) is 18.0. The maximum Gasteiger partial charge on any atom is 0.231 e. The molecule has 0 aliphatic heterocycles. The lowest BCUT2D eigenvalue weighted by atomic mass is 10.0. The minimum absolute atomic E-state index is 0.214. The van der Waals surface area contributed by atoms with Gasteiger partial charge in [-0.3, -0.25) is 4.79 Å². The third-order valence-corrected chi connectivity index (χ3v) is 4.67. The van der Waals surface area contributed by atoms with Crippen molar-refractivity contribution >= 4 is 40.1 Å². The van der Waals surface area contributed by atoms with Crippen LogP contribution in [0.15, 0.2) is 77.2 Å². The Balaban J connectivity index is 1.85. The number of carbonyl (C=O) groups is 1. The van der Waals surface area contributed by atoms with Crippen LogP contribution in [0.25, 0.3) is 22.7 Å². The highest BCUT2D eigenvalue weighted by molar-refractivity contribution is 6.35. The van der Waals surface area contributed by atoms with E-state index in [1.165, 1.54) is 0 Å². The van der Waals surface area contributed by atoms with Gasteiger partial charge in [0.2, 0.25) is 5.89 Å². The summed E-state index contributed by atoms with van der Waals surface area (Å²) < 4.78 is 11.0. The summed E-state index contributed by atoms with van der Waals surface area (Å²) in [5, 5.41) is 0.540. The van der Waals surface area contributed by atoms with Gasteiger partial charge in [-0.05, 0) is 54.1 Å². The Morgan fingerprint density at radius 3 is 2.43 bits per heavy atom. The molecule has 0 aliphatic carbocycles. The molecule has 5 heteroatoms. The molecule has 0 radical (unpaired) electrons. The van der Waals surface area contributed by atoms with Crippen LogP contribution in [0.5, 0.6) is 5.75 Å². The number of hydrogen-bond acceptors (Lipinski definition) is 4. The van der Waals surface area contributed by atoms with Crippen molar-refractivity contribution < 1.29 is 13.9 Å². The fraction of sp³-hybridized carbons (Fsp3) is 0.0435. The van der Waals surface area contributed by atoms with Crippen molar-refractivity contribution in [2.24, 2.45) is 0 Å². The zero-order valence-electron chi connectivity index (χ0n) is 15.1. The van der Waals surface area contributed by atoms with Gasteiger partial charge in [0.15, 0.2) is 11.4 Å². The van der Waals surface area contributed by atoms with Gasteiger partial charge >= 0.3 is 0 Å². The molecule has 0 atom stereocenters. The first-order valence-corrected chi connectivity index (χ1v) is 9.04. The highest BCUT2D eigenvalue weighted by atomic mass is 35.5. The topological polar surface area (TPSA) is 52.3 Å². The average Bonchev–Trinajstić information content (AvgIpc) is 3.16. The lowest BCUT2D eigenvalue weighted by Crippen LogP contribution is -2.03. The monoisotopic (exact) mass is 389 g/mol. The van der Waals surface area contributed by atoms with E-state index < -0.39 is 0 Å². The number of ketones is 1. The molecule has 28 heavy (non-hydrogen) atoms. The molecule has 1 aromatic heterocycles. The largest absolute Gasteiger partial charge is 0.497 e. The van der Waals surface area contributed by atoms with Crippen LogP contribution in [0.4, 0.5) is 0 Å². The van der Waals surface area contributed by atoms with E-state index in [4.69, 9.17) is 20.8 Å². The van der Waals surface area contributed by atoms with E-state index in [9.17, 15) is 4.79 Å². The molecule has 0 spiro atoms. The molecule has 0 saturated heterocycles. The predicted octanol–water partition coefficient (Wildman–Crippen LogP) is 5.91. The molecule has 0 bridgehead atoms. The summed E-state index contributed by atoms with van der Waals surface area (Å²) in [5.74, 6) is 0.714. The minimum atomic E-state index is -0.214. The highest BCUT2D eigenvalue weighted by Crippen LogP contribution is 2.28. The van der Waals surface area contributed by atoms with Crippen molar-refractivity contribution in [1.29, 1.82) is 0 Å². The fourth-order valence-corrected chi connectivity index (χ4v) is 3.05. The number of aromatic nitrogens is 1. The number of rotatable bonds is 5. The number of para-hydroxylation sites is 2. The number of hydrogen-bond donors (Lipinski definition) is 0. The Bertz CT molecular complexity index is 1140. The molecule has 4 rings (SSSR count). The van der Waals surface area contributed by atoms with Crippen molar-refractivity contribution in [1.82, 2.24) is 4.98 Å². The van der Waals surface area contributed by atoms with Gasteiger partial charge in [0, 0.05) is 10.6 Å². The first-order chi connectivity index (χ1) is 13.7. The van der Waals surface area contributed by atoms with Crippen LogP contribution >= 0.6 is 11.6 Å². The molecule has 0 fully saturated rings. The Labute approximate surface area is 167 Å². The summed E-state index contributed by atoms with van der Waals surface area (Å²) in [4.78, 5) is 17.8. The van der Waals surface area contributed by atoms with Crippen molar-refractivity contribution in [3.05, 3.63) is 94.8 Å². The summed E-state index contributed by atoms with van der Waals surface area (Å²) in [5.41, 5.74) is 2.84. The Hall–Kier alpha value is -3.37. The van der Waals surface area contributed by atoms with Crippen molar-refractivity contribution in [2.75, 3.05) is 7.11 Å². The van der Waals surface area contributed by atoms with E-state index in [-0.39, 0.29) is 11.7 Å². The second-order valence-corrected chi connectivity index (χ2v) is 6.53. The van der Waals surface area contributed by atoms with Gasteiger partial charge in [0.1, 0.15) is 11.3 Å². The smallest absolute Gasteiger partial charge is 0.231 e. The summed E-state index contributed by atoms with van der Waals surface area (Å²) in [6.07, 6.45) is 1.71. The molecule has 0 unspecified atom stereocenters. The van der Waals surface area contributed by atoms with Gasteiger partial charge in [-0.1, -0.05) is 41.9 Å². The number of Topliss-reactive ketones (excluding diaryl/α,β-unsaturated/α-hetero) is 1. The molecule has 1 heterocycles. The Kier molecular flexibility index (Phi) is 4.96. The quantitative estimate of drug-likeness (QED) is 0.314. The van der Waals surface area contributed by atoms with Gasteiger partial charge in [-0.2, -0.15) is 0 Å². The molecular weight excluding hydrogens is 374 g/mol. The number of fused-ring (bicyclic) bond motifs is 1. The molecule has 4 aromatic rings. The normalized spacial score (nSPS) is 11.6. The summed E-state index contributed by atoms with van der Waals surface area (Å²) >= 11 is 6.30. The van der Waals surface area contributed by atoms with E-state index in [1.807, 2.05) is 42.5 Å². The molecule has 138 valence electrons. The van der Waals surface area contributed by atoms with Crippen LogP contribution in [0.2, 0.25) is 5.02 Å². The average molecular weight is 390 g/mol. The number of carbonyl (C=O) groups excluding carboxylic acids is 1. The van der Waals surface area contributed by atoms with E-state index in [1.54, 1.807) is 43.5 Å². The molecule has 3 aromatic carbocycles. The third kappa shape index (κ3) is 3.55. The molecule has 0 aliphatic rings. The van der Waals surface area contributed by atoms with Gasteiger partial charge in [-0.25, -0.2) is 4.98 Å². The van der Waals surface area contributed by atoms with E-state index in [2.05, 4.69) is 4.98 Å². The van der Waals surface area contributed by atoms with Crippen LogP contribution in [0, 0.1) is 0 Å². The maximum absolute atomic E-state index is 13.3. The molecule has 0 N–H and O–H groups in total. The van der Waals surface area contributed by atoms with Crippen LogP contribution < -0.4 is 4.74 Å². The van der Waals surface area contributed by atoms with Crippen LogP contribution in [0.3, 0.4) is 0 Å². The second kappa shape index (κ2) is 7.71. The number of ether oxygens (including phenoxy) is 1. The number of allylic oxidation sites excluding steroid dienone is 1. The van der Waals surface area contributed by atoms with Crippen LogP contribution in [0.1, 0.15) is 21.8 Å². The number of benzene rings is 3. The van der Waals surface area contributed by atoms with Gasteiger partial charge < -0.3 is 9.15 Å². The minimum Gasteiger partial charge on any atom is -0.497 e. The van der Waals surface area contributed by atoms with E-state index in [0.29, 0.717) is 38.6 Å². The van der Waals surface area contributed by atoms with E-state index in [0.717, 1.165) is 0 Å².